The molecule has 0 aliphatic heterocycles. The second-order valence-electron chi connectivity index (χ2n) is 3.67. The van der Waals surface area contributed by atoms with Crippen LogP contribution in [0.1, 0.15) is 5.56 Å². The lowest BCUT2D eigenvalue weighted by Gasteiger charge is -2.10. The fourth-order valence-corrected chi connectivity index (χ4v) is 3.55. The SMILES string of the molecule is CNc1ccc(C)c(S(=O)(=O)Nc2nccs2)c1. The third kappa shape index (κ3) is 2.62. The summed E-state index contributed by atoms with van der Waals surface area (Å²) >= 11 is 1.24. The van der Waals surface area contributed by atoms with Gasteiger partial charge in [0.25, 0.3) is 10.0 Å². The van der Waals surface area contributed by atoms with Crippen LogP contribution < -0.4 is 10.0 Å². The molecular formula is C11H13N3O2S2. The fraction of sp³-hybridized carbons (Fsp3) is 0.182. The van der Waals surface area contributed by atoms with E-state index in [2.05, 4.69) is 15.0 Å². The first kappa shape index (κ1) is 12.8. The van der Waals surface area contributed by atoms with Crippen molar-refractivity contribution in [2.45, 2.75) is 11.8 Å². The zero-order valence-electron chi connectivity index (χ0n) is 9.97. The lowest BCUT2D eigenvalue weighted by Crippen LogP contribution is -2.14. The molecule has 1 aromatic carbocycles. The first-order chi connectivity index (χ1) is 8.53. The predicted molar refractivity (Wildman–Crippen MR) is 73.6 cm³/mol. The summed E-state index contributed by atoms with van der Waals surface area (Å²) in [4.78, 5) is 4.17. The van der Waals surface area contributed by atoms with E-state index in [0.717, 1.165) is 5.69 Å². The van der Waals surface area contributed by atoms with E-state index in [1.54, 1.807) is 37.7 Å². The number of rotatable bonds is 4. The minimum absolute atomic E-state index is 0.254. The number of benzene rings is 1. The zero-order valence-corrected chi connectivity index (χ0v) is 11.6. The van der Waals surface area contributed by atoms with Crippen LogP contribution in [-0.2, 0) is 10.0 Å². The maximum absolute atomic E-state index is 12.2. The van der Waals surface area contributed by atoms with Gasteiger partial charge in [-0.15, -0.1) is 11.3 Å². The third-order valence-corrected chi connectivity index (χ3v) is 4.72. The van der Waals surface area contributed by atoms with Gasteiger partial charge in [-0.2, -0.15) is 0 Å². The molecule has 2 aromatic rings. The van der Waals surface area contributed by atoms with Crippen LogP contribution in [0, 0.1) is 6.92 Å². The maximum atomic E-state index is 12.2. The Bertz CT molecular complexity index is 636. The average Bonchev–Trinajstić information content (AvgIpc) is 2.81. The van der Waals surface area contributed by atoms with Gasteiger partial charge in [0.15, 0.2) is 5.13 Å². The molecule has 0 fully saturated rings. The summed E-state index contributed by atoms with van der Waals surface area (Å²) in [6, 6.07) is 5.20. The van der Waals surface area contributed by atoms with Gasteiger partial charge in [0.05, 0.1) is 4.90 Å². The third-order valence-electron chi connectivity index (χ3n) is 2.42. The zero-order chi connectivity index (χ0) is 13.2. The molecule has 1 heterocycles. The first-order valence-electron chi connectivity index (χ1n) is 5.23. The highest BCUT2D eigenvalue weighted by Crippen LogP contribution is 2.23. The van der Waals surface area contributed by atoms with Gasteiger partial charge in [-0.05, 0) is 24.6 Å². The molecule has 2 rings (SSSR count). The minimum Gasteiger partial charge on any atom is -0.388 e. The van der Waals surface area contributed by atoms with Gasteiger partial charge in [-0.1, -0.05) is 6.07 Å². The Morgan fingerprint density at radius 3 is 2.72 bits per heavy atom. The van der Waals surface area contributed by atoms with E-state index in [1.165, 1.54) is 11.3 Å². The smallest absolute Gasteiger partial charge is 0.264 e. The van der Waals surface area contributed by atoms with Crippen molar-refractivity contribution in [3.8, 4) is 0 Å². The monoisotopic (exact) mass is 283 g/mol. The number of nitrogens with zero attached hydrogens (tertiary/aromatic N) is 1. The number of thiazole rings is 1. The molecule has 0 radical (unpaired) electrons. The van der Waals surface area contributed by atoms with Gasteiger partial charge in [0, 0.05) is 24.3 Å². The van der Waals surface area contributed by atoms with Gasteiger partial charge < -0.3 is 5.32 Å². The maximum Gasteiger partial charge on any atom is 0.264 e. The van der Waals surface area contributed by atoms with E-state index >= 15 is 0 Å². The fourth-order valence-electron chi connectivity index (χ4n) is 1.49. The molecule has 2 N–H and O–H groups in total. The standard InChI is InChI=1S/C11H13N3O2S2/c1-8-3-4-9(12-2)7-10(8)18(15,16)14-11-13-5-6-17-11/h3-7,12H,1-2H3,(H,13,14). The van der Waals surface area contributed by atoms with Crippen molar-refractivity contribution in [3.63, 3.8) is 0 Å². The van der Waals surface area contributed by atoms with Crippen LogP contribution in [0.15, 0.2) is 34.7 Å². The van der Waals surface area contributed by atoms with E-state index in [1.807, 2.05) is 6.07 Å². The molecule has 0 spiro atoms. The largest absolute Gasteiger partial charge is 0.388 e. The van der Waals surface area contributed by atoms with Crippen LogP contribution in [-0.4, -0.2) is 20.4 Å². The van der Waals surface area contributed by atoms with Crippen LogP contribution >= 0.6 is 11.3 Å². The molecule has 0 atom stereocenters. The van der Waals surface area contributed by atoms with Crippen molar-refractivity contribution >= 4 is 32.2 Å². The van der Waals surface area contributed by atoms with Crippen molar-refractivity contribution in [2.75, 3.05) is 17.1 Å². The van der Waals surface area contributed by atoms with Gasteiger partial charge in [-0.3, -0.25) is 4.72 Å². The van der Waals surface area contributed by atoms with Crippen molar-refractivity contribution in [1.82, 2.24) is 4.98 Å². The quantitative estimate of drug-likeness (QED) is 0.903. The van der Waals surface area contributed by atoms with Crippen LogP contribution in [0.5, 0.6) is 0 Å². The van der Waals surface area contributed by atoms with Crippen molar-refractivity contribution < 1.29 is 8.42 Å². The Hall–Kier alpha value is -1.60. The van der Waals surface area contributed by atoms with E-state index in [-0.39, 0.29) is 4.90 Å². The van der Waals surface area contributed by atoms with Crippen molar-refractivity contribution in [2.24, 2.45) is 0 Å². The molecule has 0 aliphatic rings. The Balaban J connectivity index is 2.40. The molecule has 0 saturated heterocycles. The molecule has 1 aromatic heterocycles. The summed E-state index contributed by atoms with van der Waals surface area (Å²) in [5.41, 5.74) is 1.44. The highest BCUT2D eigenvalue weighted by molar-refractivity contribution is 7.93. The second kappa shape index (κ2) is 4.95. The molecule has 0 bridgehead atoms. The number of aromatic nitrogens is 1. The highest BCUT2D eigenvalue weighted by Gasteiger charge is 2.18. The normalized spacial score (nSPS) is 11.2. The number of hydrogen-bond donors (Lipinski definition) is 2. The molecule has 7 heteroatoms. The Kier molecular flexibility index (Phi) is 3.53. The van der Waals surface area contributed by atoms with Crippen LogP contribution in [0.4, 0.5) is 10.8 Å². The number of hydrogen-bond acceptors (Lipinski definition) is 5. The van der Waals surface area contributed by atoms with Gasteiger partial charge in [0.1, 0.15) is 0 Å². The number of anilines is 2. The topological polar surface area (TPSA) is 71.1 Å². The second-order valence-corrected chi connectivity index (χ2v) is 6.22. The Labute approximate surface area is 110 Å². The lowest BCUT2D eigenvalue weighted by atomic mass is 10.2. The van der Waals surface area contributed by atoms with Gasteiger partial charge in [-0.25, -0.2) is 13.4 Å². The number of sulfonamides is 1. The molecule has 0 saturated carbocycles. The van der Waals surface area contributed by atoms with E-state index in [4.69, 9.17) is 0 Å². The molecule has 18 heavy (non-hydrogen) atoms. The lowest BCUT2D eigenvalue weighted by molar-refractivity contribution is 0.600. The first-order valence-corrected chi connectivity index (χ1v) is 7.60. The molecule has 96 valence electrons. The summed E-state index contributed by atoms with van der Waals surface area (Å²) in [5, 5.41) is 5.00. The average molecular weight is 283 g/mol. The highest BCUT2D eigenvalue weighted by atomic mass is 32.2. The number of aryl methyl sites for hydroxylation is 1. The molecule has 5 nitrogen and oxygen atoms in total. The summed E-state index contributed by atoms with van der Waals surface area (Å²) in [7, 11) is -1.84. The Morgan fingerprint density at radius 2 is 2.11 bits per heavy atom. The molecule has 0 unspecified atom stereocenters. The Morgan fingerprint density at radius 1 is 1.33 bits per heavy atom. The van der Waals surface area contributed by atoms with Crippen LogP contribution in [0.2, 0.25) is 0 Å². The molecule has 0 amide bonds. The summed E-state index contributed by atoms with van der Waals surface area (Å²) < 4.78 is 26.9. The molecular weight excluding hydrogens is 270 g/mol. The van der Waals surface area contributed by atoms with Gasteiger partial charge in [0.2, 0.25) is 0 Å². The predicted octanol–water partition coefficient (Wildman–Crippen LogP) is 2.29. The van der Waals surface area contributed by atoms with Gasteiger partial charge >= 0.3 is 0 Å². The summed E-state index contributed by atoms with van der Waals surface area (Å²) in [6.07, 6.45) is 1.55. The van der Waals surface area contributed by atoms with Crippen molar-refractivity contribution in [1.29, 1.82) is 0 Å². The van der Waals surface area contributed by atoms with E-state index in [9.17, 15) is 8.42 Å². The summed E-state index contributed by atoms with van der Waals surface area (Å²) in [6.45, 7) is 1.76. The summed E-state index contributed by atoms with van der Waals surface area (Å²) in [5.74, 6) is 0. The minimum atomic E-state index is -3.59. The number of nitrogens with one attached hydrogen (secondary N) is 2. The van der Waals surface area contributed by atoms with Crippen LogP contribution in [0.25, 0.3) is 0 Å². The van der Waals surface area contributed by atoms with E-state index < -0.39 is 10.0 Å². The molecule has 0 aliphatic carbocycles. The van der Waals surface area contributed by atoms with E-state index in [0.29, 0.717) is 10.7 Å². The van der Waals surface area contributed by atoms with Crippen molar-refractivity contribution in [3.05, 3.63) is 35.3 Å². The van der Waals surface area contributed by atoms with Crippen LogP contribution in [0.3, 0.4) is 0 Å².